The summed E-state index contributed by atoms with van der Waals surface area (Å²) in [4.78, 5) is 11.8. The van der Waals surface area contributed by atoms with Crippen LogP contribution in [0.3, 0.4) is 0 Å². The highest BCUT2D eigenvalue weighted by Crippen LogP contribution is 2.49. The predicted octanol–water partition coefficient (Wildman–Crippen LogP) is 3.84. The molecule has 1 aliphatic heterocycles. The Morgan fingerprint density at radius 1 is 1.11 bits per heavy atom. The lowest BCUT2D eigenvalue weighted by atomic mass is 9.72. The number of hydrogen-bond acceptors (Lipinski definition) is 5. The third kappa shape index (κ3) is 6.84. The first-order valence-electron chi connectivity index (χ1n) is 13.1. The van der Waals surface area contributed by atoms with Crippen LogP contribution in [-0.4, -0.2) is 47.0 Å². The second-order valence-corrected chi connectivity index (χ2v) is 10.3. The molecule has 0 bridgehead atoms. The Morgan fingerprint density at radius 3 is 2.60 bits per heavy atom. The molecule has 1 fully saturated rings. The zero-order chi connectivity index (χ0) is 24.7. The molecule has 6 nitrogen and oxygen atoms in total. The van der Waals surface area contributed by atoms with Crippen molar-refractivity contribution in [1.29, 1.82) is 0 Å². The number of carbonyl (C=O) groups is 1. The lowest BCUT2D eigenvalue weighted by Crippen LogP contribution is -2.52. The van der Waals surface area contributed by atoms with Gasteiger partial charge in [-0.15, -0.1) is 0 Å². The van der Waals surface area contributed by atoms with Crippen LogP contribution >= 0.6 is 0 Å². The zero-order valence-electron chi connectivity index (χ0n) is 20.8. The summed E-state index contributed by atoms with van der Waals surface area (Å²) in [5, 5.41) is 26.7. The van der Waals surface area contributed by atoms with Gasteiger partial charge >= 0.3 is 0 Å². The molecule has 1 heterocycles. The lowest BCUT2D eigenvalue weighted by Gasteiger charge is -2.48. The molecule has 1 saturated carbocycles. The van der Waals surface area contributed by atoms with Crippen LogP contribution in [0.25, 0.3) is 0 Å². The van der Waals surface area contributed by atoms with Crippen molar-refractivity contribution >= 4 is 5.91 Å². The van der Waals surface area contributed by atoms with Gasteiger partial charge in [0, 0.05) is 38.1 Å². The average Bonchev–Trinajstić information content (AvgIpc) is 2.84. The quantitative estimate of drug-likeness (QED) is 0.347. The topological polar surface area (TPSA) is 90.8 Å². The van der Waals surface area contributed by atoms with E-state index in [2.05, 4.69) is 28.8 Å². The van der Waals surface area contributed by atoms with Gasteiger partial charge in [-0.25, -0.2) is 0 Å². The van der Waals surface area contributed by atoms with Gasteiger partial charge in [0.05, 0.1) is 12.1 Å². The number of aliphatic hydroxyl groups excluding tert-OH is 2. The Hall–Kier alpha value is -2.41. The standard InChI is InChI=1S/C29H40N2O4/c1-21(33)31-25(18-22-9-4-2-5-10-22)27(34)20-30-26-19-29(14-8-15-29)35-28-13-12-23(17-24(26)28)11-6-3-7-16-32/h2,4-5,9-10,12-13,17,25-27,30,32,34H,3,6-8,11,14-16,18-20H2,1H3,(H,31,33)/t25-,26-,27+/m0/s1. The summed E-state index contributed by atoms with van der Waals surface area (Å²) in [5.74, 6) is 0.811. The first kappa shape index (κ1) is 25.7. The Morgan fingerprint density at radius 2 is 1.91 bits per heavy atom. The SMILES string of the molecule is CC(=O)N[C@@H](Cc1ccccc1)[C@H](O)CN[C@H]1CC2(CCC2)Oc2ccc(CCCCCO)cc21. The highest BCUT2D eigenvalue weighted by molar-refractivity contribution is 5.73. The second-order valence-electron chi connectivity index (χ2n) is 10.3. The fourth-order valence-corrected chi connectivity index (χ4v) is 5.37. The smallest absolute Gasteiger partial charge is 0.217 e. The van der Waals surface area contributed by atoms with Crippen LogP contribution in [0.15, 0.2) is 48.5 Å². The third-order valence-electron chi connectivity index (χ3n) is 7.47. The molecule has 35 heavy (non-hydrogen) atoms. The number of ether oxygens (including phenoxy) is 1. The van der Waals surface area contributed by atoms with Crippen LogP contribution in [0.2, 0.25) is 0 Å². The number of hydrogen-bond donors (Lipinski definition) is 4. The van der Waals surface area contributed by atoms with Crippen molar-refractivity contribution in [3.63, 3.8) is 0 Å². The minimum atomic E-state index is -0.718. The summed E-state index contributed by atoms with van der Waals surface area (Å²) in [6, 6.07) is 16.2. The number of fused-ring (bicyclic) bond motifs is 1. The van der Waals surface area contributed by atoms with Crippen molar-refractivity contribution in [2.45, 2.75) is 88.5 Å². The van der Waals surface area contributed by atoms with E-state index < -0.39 is 6.10 Å². The zero-order valence-corrected chi connectivity index (χ0v) is 20.8. The minimum Gasteiger partial charge on any atom is -0.487 e. The molecule has 4 rings (SSSR count). The fourth-order valence-electron chi connectivity index (χ4n) is 5.37. The van der Waals surface area contributed by atoms with E-state index in [-0.39, 0.29) is 30.2 Å². The number of nitrogens with one attached hydrogen (secondary N) is 2. The first-order chi connectivity index (χ1) is 17.0. The van der Waals surface area contributed by atoms with Crippen molar-refractivity contribution in [3.8, 4) is 5.75 Å². The molecule has 1 aliphatic carbocycles. The highest BCUT2D eigenvalue weighted by atomic mass is 16.5. The monoisotopic (exact) mass is 480 g/mol. The molecule has 4 N–H and O–H groups in total. The number of benzene rings is 2. The van der Waals surface area contributed by atoms with E-state index in [0.29, 0.717) is 13.0 Å². The second kappa shape index (κ2) is 12.0. The Labute approximate surface area is 209 Å². The molecular weight excluding hydrogens is 440 g/mol. The first-order valence-corrected chi connectivity index (χ1v) is 13.1. The van der Waals surface area contributed by atoms with Crippen LogP contribution in [-0.2, 0) is 17.6 Å². The van der Waals surface area contributed by atoms with Gasteiger partial charge in [0.2, 0.25) is 5.91 Å². The Bertz CT molecular complexity index is 960. The van der Waals surface area contributed by atoms with Crippen LogP contribution in [0, 0.1) is 0 Å². The number of amides is 1. The molecule has 1 spiro atoms. The van der Waals surface area contributed by atoms with Crippen molar-refractivity contribution in [3.05, 3.63) is 65.2 Å². The van der Waals surface area contributed by atoms with E-state index >= 15 is 0 Å². The molecule has 2 aliphatic rings. The van der Waals surface area contributed by atoms with Gasteiger partial charge in [-0.3, -0.25) is 4.79 Å². The molecular formula is C29H40N2O4. The normalized spacial score (nSPS) is 19.8. The third-order valence-corrected chi connectivity index (χ3v) is 7.47. The fraction of sp³-hybridized carbons (Fsp3) is 0.552. The van der Waals surface area contributed by atoms with Gasteiger partial charge in [-0.05, 0) is 62.1 Å². The van der Waals surface area contributed by atoms with E-state index in [1.165, 1.54) is 18.9 Å². The maximum Gasteiger partial charge on any atom is 0.217 e. The average molecular weight is 481 g/mol. The summed E-state index contributed by atoms with van der Waals surface area (Å²) in [6.45, 7) is 2.13. The van der Waals surface area contributed by atoms with Crippen molar-refractivity contribution in [1.82, 2.24) is 10.6 Å². The molecule has 0 unspecified atom stereocenters. The van der Waals surface area contributed by atoms with Crippen LogP contribution in [0.5, 0.6) is 5.75 Å². The Kier molecular flexibility index (Phi) is 8.82. The van der Waals surface area contributed by atoms with Crippen molar-refractivity contribution < 1.29 is 19.7 Å². The van der Waals surface area contributed by atoms with Gasteiger partial charge < -0.3 is 25.6 Å². The summed E-state index contributed by atoms with van der Waals surface area (Å²) < 4.78 is 6.48. The number of aliphatic hydroxyl groups is 2. The largest absolute Gasteiger partial charge is 0.487 e. The maximum absolute atomic E-state index is 11.8. The summed E-state index contributed by atoms with van der Waals surface area (Å²) in [6.07, 6.45) is 7.98. The van der Waals surface area contributed by atoms with Crippen LogP contribution < -0.4 is 15.4 Å². The molecule has 3 atom stereocenters. The number of unbranched alkanes of at least 4 members (excludes halogenated alkanes) is 2. The molecule has 2 aromatic rings. The van der Waals surface area contributed by atoms with Crippen molar-refractivity contribution in [2.75, 3.05) is 13.2 Å². The van der Waals surface area contributed by atoms with Gasteiger partial charge in [-0.1, -0.05) is 48.9 Å². The summed E-state index contributed by atoms with van der Waals surface area (Å²) >= 11 is 0. The summed E-state index contributed by atoms with van der Waals surface area (Å²) in [7, 11) is 0. The number of rotatable bonds is 12. The van der Waals surface area contributed by atoms with Crippen molar-refractivity contribution in [2.24, 2.45) is 0 Å². The molecule has 2 aromatic carbocycles. The predicted molar refractivity (Wildman–Crippen MR) is 137 cm³/mol. The van der Waals surface area contributed by atoms with Gasteiger partial charge in [-0.2, -0.15) is 0 Å². The molecule has 0 radical (unpaired) electrons. The highest BCUT2D eigenvalue weighted by Gasteiger charge is 2.45. The maximum atomic E-state index is 11.8. The van der Waals surface area contributed by atoms with Crippen LogP contribution in [0.4, 0.5) is 0 Å². The molecule has 1 amide bonds. The minimum absolute atomic E-state index is 0.0979. The van der Waals surface area contributed by atoms with E-state index in [4.69, 9.17) is 9.84 Å². The summed E-state index contributed by atoms with van der Waals surface area (Å²) in [5.41, 5.74) is 3.43. The number of carbonyl (C=O) groups excluding carboxylic acids is 1. The van der Waals surface area contributed by atoms with E-state index in [0.717, 1.165) is 61.8 Å². The van der Waals surface area contributed by atoms with Gasteiger partial charge in [0.15, 0.2) is 0 Å². The van der Waals surface area contributed by atoms with Gasteiger partial charge in [0.25, 0.3) is 0 Å². The Balaban J connectivity index is 1.45. The van der Waals surface area contributed by atoms with Crippen LogP contribution in [0.1, 0.15) is 74.6 Å². The van der Waals surface area contributed by atoms with Gasteiger partial charge in [0.1, 0.15) is 11.4 Å². The van der Waals surface area contributed by atoms with E-state index in [1.54, 1.807) is 0 Å². The molecule has 0 aromatic heterocycles. The lowest BCUT2D eigenvalue weighted by molar-refractivity contribution is -0.120. The van der Waals surface area contributed by atoms with E-state index in [9.17, 15) is 9.90 Å². The molecule has 0 saturated heterocycles. The molecule has 6 heteroatoms. The number of aryl methyl sites for hydroxylation is 1. The van der Waals surface area contributed by atoms with E-state index in [1.807, 2.05) is 30.3 Å². The molecule has 190 valence electrons.